The molecule has 112 valence electrons. The zero-order valence-electron chi connectivity index (χ0n) is 12.1. The number of para-hydroxylation sites is 2. The van der Waals surface area contributed by atoms with Crippen LogP contribution in [-0.2, 0) is 0 Å². The SMILES string of the molecule is CCOc1ccc(NC(=S)Nn2cnc3ccccc32)cc1. The summed E-state index contributed by atoms with van der Waals surface area (Å²) in [5.74, 6) is 0.840. The summed E-state index contributed by atoms with van der Waals surface area (Å²) in [5.41, 5.74) is 5.88. The van der Waals surface area contributed by atoms with Gasteiger partial charge in [-0.25, -0.2) is 9.66 Å². The summed E-state index contributed by atoms with van der Waals surface area (Å²) in [6.07, 6.45) is 1.71. The fourth-order valence-electron chi connectivity index (χ4n) is 2.12. The fraction of sp³-hybridized carbons (Fsp3) is 0.125. The van der Waals surface area contributed by atoms with Gasteiger partial charge in [-0.05, 0) is 55.5 Å². The van der Waals surface area contributed by atoms with Crippen molar-refractivity contribution in [2.24, 2.45) is 0 Å². The third-order valence-electron chi connectivity index (χ3n) is 3.10. The predicted octanol–water partition coefficient (Wildman–Crippen LogP) is 3.38. The molecule has 22 heavy (non-hydrogen) atoms. The molecule has 0 aliphatic heterocycles. The minimum atomic E-state index is 0.493. The lowest BCUT2D eigenvalue weighted by Gasteiger charge is -2.12. The van der Waals surface area contributed by atoms with Crippen molar-refractivity contribution in [3.8, 4) is 5.75 Å². The van der Waals surface area contributed by atoms with Crippen molar-refractivity contribution in [1.29, 1.82) is 0 Å². The Bertz CT molecular complexity index is 782. The van der Waals surface area contributed by atoms with Gasteiger partial charge in [0.2, 0.25) is 0 Å². The first kappa shape index (κ1) is 14.3. The number of anilines is 1. The van der Waals surface area contributed by atoms with Gasteiger partial charge in [-0.2, -0.15) is 0 Å². The van der Waals surface area contributed by atoms with Gasteiger partial charge in [0, 0.05) is 5.69 Å². The summed E-state index contributed by atoms with van der Waals surface area (Å²) in [5, 5.41) is 3.62. The van der Waals surface area contributed by atoms with Gasteiger partial charge in [0.15, 0.2) is 5.11 Å². The molecule has 0 fully saturated rings. The highest BCUT2D eigenvalue weighted by Gasteiger charge is 2.03. The zero-order chi connectivity index (χ0) is 15.4. The van der Waals surface area contributed by atoms with E-state index in [4.69, 9.17) is 17.0 Å². The van der Waals surface area contributed by atoms with Gasteiger partial charge in [-0.1, -0.05) is 12.1 Å². The number of imidazole rings is 1. The number of hydrogen-bond donors (Lipinski definition) is 2. The van der Waals surface area contributed by atoms with Gasteiger partial charge in [-0.3, -0.25) is 5.43 Å². The van der Waals surface area contributed by atoms with Crippen LogP contribution in [0, 0.1) is 0 Å². The van der Waals surface area contributed by atoms with Crippen molar-refractivity contribution in [3.05, 3.63) is 54.9 Å². The average Bonchev–Trinajstić information content (AvgIpc) is 2.93. The van der Waals surface area contributed by atoms with E-state index in [0.717, 1.165) is 22.5 Å². The number of ether oxygens (including phenoxy) is 1. The van der Waals surface area contributed by atoms with Crippen LogP contribution in [0.5, 0.6) is 5.75 Å². The monoisotopic (exact) mass is 312 g/mol. The molecule has 0 saturated heterocycles. The Morgan fingerprint density at radius 3 is 2.73 bits per heavy atom. The van der Waals surface area contributed by atoms with E-state index in [2.05, 4.69) is 15.7 Å². The van der Waals surface area contributed by atoms with Crippen LogP contribution in [0.15, 0.2) is 54.9 Å². The third-order valence-corrected chi connectivity index (χ3v) is 3.29. The summed E-state index contributed by atoms with van der Waals surface area (Å²) < 4.78 is 7.20. The highest BCUT2D eigenvalue weighted by molar-refractivity contribution is 7.80. The molecule has 3 aromatic rings. The van der Waals surface area contributed by atoms with Crippen LogP contribution in [0.2, 0.25) is 0 Å². The number of rotatable bonds is 4. The number of nitrogens with zero attached hydrogens (tertiary/aromatic N) is 2. The average molecular weight is 312 g/mol. The van der Waals surface area contributed by atoms with Crippen molar-refractivity contribution in [1.82, 2.24) is 9.66 Å². The predicted molar refractivity (Wildman–Crippen MR) is 92.9 cm³/mol. The summed E-state index contributed by atoms with van der Waals surface area (Å²) >= 11 is 5.33. The molecule has 0 amide bonds. The fourth-order valence-corrected chi connectivity index (χ4v) is 2.33. The second-order valence-electron chi connectivity index (χ2n) is 4.63. The zero-order valence-corrected chi connectivity index (χ0v) is 12.9. The third kappa shape index (κ3) is 3.17. The number of nitrogens with one attached hydrogen (secondary N) is 2. The Labute approximate surface area is 133 Å². The van der Waals surface area contributed by atoms with Crippen LogP contribution in [0.25, 0.3) is 11.0 Å². The Kier molecular flexibility index (Phi) is 4.20. The largest absolute Gasteiger partial charge is 0.494 e. The van der Waals surface area contributed by atoms with Crippen molar-refractivity contribution < 1.29 is 4.74 Å². The maximum atomic E-state index is 5.41. The van der Waals surface area contributed by atoms with Crippen molar-refractivity contribution >= 4 is 34.1 Å². The molecule has 2 aromatic carbocycles. The smallest absolute Gasteiger partial charge is 0.190 e. The molecular weight excluding hydrogens is 296 g/mol. The standard InChI is InChI=1S/C16H16N4OS/c1-2-21-13-9-7-12(8-10-13)18-16(22)19-20-11-17-14-5-3-4-6-15(14)20/h3-11H,2H2,1H3,(H2,18,19,22). The van der Waals surface area contributed by atoms with Gasteiger partial charge in [0.05, 0.1) is 17.6 Å². The van der Waals surface area contributed by atoms with Crippen molar-refractivity contribution in [2.75, 3.05) is 17.3 Å². The van der Waals surface area contributed by atoms with Crippen LogP contribution in [0.3, 0.4) is 0 Å². The maximum absolute atomic E-state index is 5.41. The molecule has 1 aromatic heterocycles. The first-order chi connectivity index (χ1) is 10.8. The molecule has 3 rings (SSSR count). The van der Waals surface area contributed by atoms with E-state index in [9.17, 15) is 0 Å². The van der Waals surface area contributed by atoms with Crippen molar-refractivity contribution in [3.63, 3.8) is 0 Å². The Morgan fingerprint density at radius 1 is 1.18 bits per heavy atom. The molecule has 0 radical (unpaired) electrons. The molecule has 0 aliphatic carbocycles. The normalized spacial score (nSPS) is 10.4. The minimum absolute atomic E-state index is 0.493. The van der Waals surface area contributed by atoms with Crippen LogP contribution in [0.4, 0.5) is 5.69 Å². The van der Waals surface area contributed by atoms with Gasteiger partial charge >= 0.3 is 0 Å². The molecule has 0 bridgehead atoms. The Hall–Kier alpha value is -2.60. The lowest BCUT2D eigenvalue weighted by Crippen LogP contribution is -2.26. The minimum Gasteiger partial charge on any atom is -0.494 e. The molecule has 0 unspecified atom stereocenters. The summed E-state index contributed by atoms with van der Waals surface area (Å²) in [6.45, 7) is 2.61. The number of fused-ring (bicyclic) bond motifs is 1. The van der Waals surface area contributed by atoms with E-state index in [-0.39, 0.29) is 0 Å². The first-order valence-corrected chi connectivity index (χ1v) is 7.40. The van der Waals surface area contributed by atoms with E-state index < -0.39 is 0 Å². The number of hydrogen-bond acceptors (Lipinski definition) is 3. The molecule has 0 spiro atoms. The number of aromatic nitrogens is 2. The lowest BCUT2D eigenvalue weighted by molar-refractivity contribution is 0.340. The molecule has 1 heterocycles. The van der Waals surface area contributed by atoms with Crippen molar-refractivity contribution in [2.45, 2.75) is 6.92 Å². The molecule has 0 aliphatic rings. The Balaban J connectivity index is 1.67. The van der Waals surface area contributed by atoms with E-state index in [1.54, 1.807) is 11.0 Å². The topological polar surface area (TPSA) is 51.1 Å². The van der Waals surface area contributed by atoms with E-state index in [0.29, 0.717) is 11.7 Å². The molecule has 0 saturated carbocycles. The lowest BCUT2D eigenvalue weighted by atomic mass is 10.3. The van der Waals surface area contributed by atoms with E-state index >= 15 is 0 Å². The maximum Gasteiger partial charge on any atom is 0.190 e. The van der Waals surface area contributed by atoms with Crippen LogP contribution in [0.1, 0.15) is 6.92 Å². The molecule has 0 atom stereocenters. The molecule has 2 N–H and O–H groups in total. The summed E-state index contributed by atoms with van der Waals surface area (Å²) in [6, 6.07) is 15.5. The second kappa shape index (κ2) is 6.44. The van der Waals surface area contributed by atoms with Gasteiger partial charge in [-0.15, -0.1) is 0 Å². The highest BCUT2D eigenvalue weighted by atomic mass is 32.1. The quantitative estimate of drug-likeness (QED) is 0.723. The molecular formula is C16H16N4OS. The number of benzene rings is 2. The van der Waals surface area contributed by atoms with E-state index in [1.807, 2.05) is 55.5 Å². The summed E-state index contributed by atoms with van der Waals surface area (Å²) in [4.78, 5) is 4.31. The second-order valence-corrected chi connectivity index (χ2v) is 5.03. The summed E-state index contributed by atoms with van der Waals surface area (Å²) in [7, 11) is 0. The van der Waals surface area contributed by atoms with Gasteiger partial charge in [0.25, 0.3) is 0 Å². The first-order valence-electron chi connectivity index (χ1n) is 6.99. The molecule has 6 heteroatoms. The Morgan fingerprint density at radius 2 is 1.95 bits per heavy atom. The molecule has 5 nitrogen and oxygen atoms in total. The van der Waals surface area contributed by atoms with Crippen LogP contribution in [-0.4, -0.2) is 21.4 Å². The van der Waals surface area contributed by atoms with Crippen LogP contribution >= 0.6 is 12.2 Å². The van der Waals surface area contributed by atoms with E-state index in [1.165, 1.54) is 0 Å². The van der Waals surface area contributed by atoms with Gasteiger partial charge < -0.3 is 10.1 Å². The van der Waals surface area contributed by atoms with Crippen LogP contribution < -0.4 is 15.5 Å². The highest BCUT2D eigenvalue weighted by Crippen LogP contribution is 2.16. The number of thiocarbonyl (C=S) groups is 1. The van der Waals surface area contributed by atoms with Gasteiger partial charge in [0.1, 0.15) is 12.1 Å².